The van der Waals surface area contributed by atoms with E-state index in [1.165, 1.54) is 4.90 Å². The van der Waals surface area contributed by atoms with E-state index < -0.39 is 0 Å². The first-order valence-electron chi connectivity index (χ1n) is 7.48. The summed E-state index contributed by atoms with van der Waals surface area (Å²) in [6.07, 6.45) is 4.32. The zero-order chi connectivity index (χ0) is 16.9. The lowest BCUT2D eigenvalue weighted by Gasteiger charge is -2.08. The topological polar surface area (TPSA) is 59.1 Å². The molecule has 3 aromatic rings. The lowest BCUT2D eigenvalue weighted by molar-refractivity contribution is -0.107. The van der Waals surface area contributed by atoms with Gasteiger partial charge in [0.25, 0.3) is 5.91 Å². The highest BCUT2D eigenvalue weighted by molar-refractivity contribution is 7.98. The maximum atomic E-state index is 12.1. The number of carbonyl (C=O) groups excluding carboxylic acids is 2. The molecule has 0 saturated heterocycles. The highest BCUT2D eigenvalue weighted by Gasteiger charge is 2.11. The molecule has 3 rings (SSSR count). The van der Waals surface area contributed by atoms with Crippen molar-refractivity contribution in [3.8, 4) is 11.1 Å². The number of nitrogens with one attached hydrogen (secondary N) is 1. The molecule has 2 aromatic carbocycles. The fourth-order valence-electron chi connectivity index (χ4n) is 2.54. The first-order chi connectivity index (χ1) is 11.7. The van der Waals surface area contributed by atoms with Gasteiger partial charge in [0, 0.05) is 16.5 Å². The van der Waals surface area contributed by atoms with Crippen molar-refractivity contribution in [3.05, 3.63) is 60.3 Å². The van der Waals surface area contributed by atoms with Crippen molar-refractivity contribution in [3.63, 3.8) is 0 Å². The van der Waals surface area contributed by atoms with E-state index in [4.69, 9.17) is 0 Å². The molecule has 0 aliphatic heterocycles. The number of thioether (sulfide) groups is 1. The maximum absolute atomic E-state index is 12.1. The predicted molar refractivity (Wildman–Crippen MR) is 97.4 cm³/mol. The third-order valence-corrected chi connectivity index (χ3v) is 4.50. The highest BCUT2D eigenvalue weighted by atomic mass is 32.2. The van der Waals surface area contributed by atoms with Crippen molar-refractivity contribution in [1.29, 1.82) is 0 Å². The van der Waals surface area contributed by atoms with Crippen molar-refractivity contribution >= 4 is 34.9 Å². The largest absolute Gasteiger partial charge is 0.345 e. The van der Waals surface area contributed by atoms with Crippen LogP contribution < -0.4 is 5.32 Å². The molecule has 120 valence electrons. The lowest BCUT2D eigenvalue weighted by atomic mass is 10.0. The Labute approximate surface area is 144 Å². The summed E-state index contributed by atoms with van der Waals surface area (Å²) in [6.45, 7) is 0.00250. The maximum Gasteiger partial charge on any atom is 0.252 e. The molecule has 0 aliphatic carbocycles. The number of carbonyl (C=O) groups is 2. The fourth-order valence-corrected chi connectivity index (χ4v) is 2.95. The molecule has 0 radical (unpaired) electrons. The average molecular weight is 336 g/mol. The molecule has 24 heavy (non-hydrogen) atoms. The normalized spacial score (nSPS) is 10.5. The number of fused-ring (bicyclic) bond motifs is 1. The number of pyridine rings is 1. The molecule has 1 amide bonds. The van der Waals surface area contributed by atoms with E-state index in [-0.39, 0.29) is 12.5 Å². The van der Waals surface area contributed by atoms with Gasteiger partial charge in [0.15, 0.2) is 0 Å². The lowest BCUT2D eigenvalue weighted by Crippen LogP contribution is -2.25. The molecule has 0 bridgehead atoms. The molecule has 5 heteroatoms. The molecule has 0 atom stereocenters. The molecule has 0 aliphatic rings. The number of aromatic nitrogens is 1. The van der Waals surface area contributed by atoms with Crippen LogP contribution >= 0.6 is 11.8 Å². The van der Waals surface area contributed by atoms with Gasteiger partial charge in [-0.2, -0.15) is 0 Å². The number of nitrogens with zero attached hydrogens (tertiary/aromatic N) is 1. The Morgan fingerprint density at radius 1 is 1.12 bits per heavy atom. The van der Waals surface area contributed by atoms with Crippen molar-refractivity contribution in [2.24, 2.45) is 0 Å². The summed E-state index contributed by atoms with van der Waals surface area (Å²) in [6, 6.07) is 15.8. The third-order valence-electron chi connectivity index (χ3n) is 3.76. The zero-order valence-electron chi connectivity index (χ0n) is 13.2. The van der Waals surface area contributed by atoms with Gasteiger partial charge < -0.3 is 10.1 Å². The second-order valence-corrected chi connectivity index (χ2v) is 6.08. The van der Waals surface area contributed by atoms with Crippen LogP contribution in [0.25, 0.3) is 22.0 Å². The minimum absolute atomic E-state index is 0.00250. The van der Waals surface area contributed by atoms with Crippen molar-refractivity contribution in [2.45, 2.75) is 4.90 Å². The van der Waals surface area contributed by atoms with Gasteiger partial charge >= 0.3 is 0 Å². The van der Waals surface area contributed by atoms with Crippen LogP contribution in [0.4, 0.5) is 0 Å². The molecule has 0 fully saturated rings. The Kier molecular flexibility index (Phi) is 4.91. The summed E-state index contributed by atoms with van der Waals surface area (Å²) in [7, 11) is 0. The molecule has 1 N–H and O–H groups in total. The number of aldehydes is 1. The molecule has 1 heterocycles. The van der Waals surface area contributed by atoms with Gasteiger partial charge in [-0.25, -0.2) is 0 Å². The van der Waals surface area contributed by atoms with Gasteiger partial charge in [0.1, 0.15) is 6.29 Å². The molecule has 4 nitrogen and oxygen atoms in total. The van der Waals surface area contributed by atoms with Gasteiger partial charge in [-0.05, 0) is 41.6 Å². The monoisotopic (exact) mass is 336 g/mol. The summed E-state index contributed by atoms with van der Waals surface area (Å²) < 4.78 is 0. The fraction of sp³-hybridized carbons (Fsp3) is 0.105. The Morgan fingerprint density at radius 2 is 1.88 bits per heavy atom. The van der Waals surface area contributed by atoms with Crippen molar-refractivity contribution < 1.29 is 9.59 Å². The number of rotatable bonds is 5. The molecule has 1 aromatic heterocycles. The van der Waals surface area contributed by atoms with Crippen LogP contribution in [-0.2, 0) is 4.79 Å². The van der Waals surface area contributed by atoms with Gasteiger partial charge in [0.2, 0.25) is 0 Å². The predicted octanol–water partition coefficient (Wildman–Crippen LogP) is 3.55. The minimum atomic E-state index is -0.272. The first-order valence-corrected chi connectivity index (χ1v) is 8.70. The molecule has 0 unspecified atom stereocenters. The zero-order valence-corrected chi connectivity index (χ0v) is 14.0. The number of hydrogen-bond donors (Lipinski definition) is 1. The number of hydrogen-bond acceptors (Lipinski definition) is 4. The van der Waals surface area contributed by atoms with E-state index >= 15 is 0 Å². The Balaban J connectivity index is 1.99. The van der Waals surface area contributed by atoms with E-state index in [9.17, 15) is 9.59 Å². The average Bonchev–Trinajstić information content (AvgIpc) is 2.65. The summed E-state index contributed by atoms with van der Waals surface area (Å²) >= 11 is 1.71. The van der Waals surface area contributed by atoms with Crippen LogP contribution in [0, 0.1) is 0 Å². The quantitative estimate of drug-likeness (QED) is 0.572. The van der Waals surface area contributed by atoms with Gasteiger partial charge in [-0.3, -0.25) is 9.78 Å². The second-order valence-electron chi connectivity index (χ2n) is 5.20. The van der Waals surface area contributed by atoms with Crippen molar-refractivity contribution in [1.82, 2.24) is 10.3 Å². The van der Waals surface area contributed by atoms with E-state index in [0.717, 1.165) is 22.0 Å². The van der Waals surface area contributed by atoms with Crippen LogP contribution in [0.2, 0.25) is 0 Å². The Bertz CT molecular complexity index is 892. The highest BCUT2D eigenvalue weighted by Crippen LogP contribution is 2.27. The number of amides is 1. The van der Waals surface area contributed by atoms with Gasteiger partial charge in [-0.1, -0.05) is 24.3 Å². The Hall–Kier alpha value is -2.66. The van der Waals surface area contributed by atoms with Crippen LogP contribution in [0.5, 0.6) is 0 Å². The van der Waals surface area contributed by atoms with E-state index in [2.05, 4.69) is 34.6 Å². The van der Waals surface area contributed by atoms with Crippen LogP contribution in [0.3, 0.4) is 0 Å². The molecule has 0 saturated carbocycles. The van der Waals surface area contributed by atoms with Gasteiger partial charge in [-0.15, -0.1) is 11.8 Å². The second kappa shape index (κ2) is 7.27. The van der Waals surface area contributed by atoms with E-state index in [1.807, 2.05) is 24.5 Å². The SMILES string of the molecule is CSc1ccc(-c2ccc3c(C(=O)NCC=O)ccnc3c2)cc1. The van der Waals surface area contributed by atoms with Crippen molar-refractivity contribution in [2.75, 3.05) is 12.8 Å². The summed E-state index contributed by atoms with van der Waals surface area (Å²) in [5.74, 6) is -0.272. The molecule has 0 spiro atoms. The summed E-state index contributed by atoms with van der Waals surface area (Å²) in [5.41, 5.74) is 3.42. The van der Waals surface area contributed by atoms with Crippen LogP contribution in [0.15, 0.2) is 59.6 Å². The molecular formula is C19H16N2O2S. The van der Waals surface area contributed by atoms with Crippen LogP contribution in [0.1, 0.15) is 10.4 Å². The van der Waals surface area contributed by atoms with Gasteiger partial charge in [0.05, 0.1) is 17.6 Å². The minimum Gasteiger partial charge on any atom is -0.345 e. The summed E-state index contributed by atoms with van der Waals surface area (Å²) in [4.78, 5) is 28.2. The Morgan fingerprint density at radius 3 is 2.58 bits per heavy atom. The van der Waals surface area contributed by atoms with E-state index in [0.29, 0.717) is 11.8 Å². The first kappa shape index (κ1) is 16.2. The number of benzene rings is 2. The molecular weight excluding hydrogens is 320 g/mol. The van der Waals surface area contributed by atoms with Crippen LogP contribution in [-0.4, -0.2) is 30.0 Å². The van der Waals surface area contributed by atoms with E-state index in [1.54, 1.807) is 24.0 Å². The summed E-state index contributed by atoms with van der Waals surface area (Å²) in [5, 5.41) is 3.33. The third kappa shape index (κ3) is 3.31. The standard InChI is InChI=1S/C19H16N2O2S/c1-24-15-5-2-13(3-6-15)14-4-7-16-17(19(23)21-10-11-22)8-9-20-18(16)12-14/h2-9,11-12H,10H2,1H3,(H,21,23). The smallest absolute Gasteiger partial charge is 0.252 e.